The fraction of sp³-hybridized carbons (Fsp3) is 0.944. The van der Waals surface area contributed by atoms with E-state index in [1.165, 1.54) is 44.9 Å². The third-order valence-electron chi connectivity index (χ3n) is 3.57. The fourth-order valence-corrected chi connectivity index (χ4v) is 2.19. The summed E-state index contributed by atoms with van der Waals surface area (Å²) in [6.07, 6.45) is 13.6. The Hall–Kier alpha value is -0.570. The molecule has 0 aliphatic carbocycles. The lowest BCUT2D eigenvalue weighted by Gasteiger charge is -2.06. The van der Waals surface area contributed by atoms with Crippen LogP contribution in [-0.2, 0) is 14.3 Å². The molecule has 0 atom stereocenters. The van der Waals surface area contributed by atoms with Crippen LogP contribution in [0.25, 0.3) is 0 Å². The summed E-state index contributed by atoms with van der Waals surface area (Å²) in [5.74, 6) is -0.0744. The number of rotatable bonds is 16. The molecular weight excluding hydrogens is 264 g/mol. The quantitative estimate of drug-likeness (QED) is 0.288. The number of hydrogen-bond donors (Lipinski definition) is 0. The molecule has 0 saturated carbocycles. The van der Waals surface area contributed by atoms with Crippen molar-refractivity contribution in [2.45, 2.75) is 90.9 Å². The lowest BCUT2D eigenvalue weighted by molar-refractivity contribution is -0.144. The van der Waals surface area contributed by atoms with E-state index >= 15 is 0 Å². The van der Waals surface area contributed by atoms with Crippen molar-refractivity contribution in [2.75, 3.05) is 19.8 Å². The zero-order valence-corrected chi connectivity index (χ0v) is 14.3. The standard InChI is InChI=1S/C18H36O3/c1-3-5-7-9-10-11-15-20-16-13-14-18(19)21-17-12-8-6-4-2/h3-17H2,1-2H3. The summed E-state index contributed by atoms with van der Waals surface area (Å²) >= 11 is 0. The average molecular weight is 300 g/mol. The van der Waals surface area contributed by atoms with E-state index in [0.29, 0.717) is 19.6 Å². The van der Waals surface area contributed by atoms with E-state index in [0.717, 1.165) is 32.3 Å². The zero-order chi connectivity index (χ0) is 15.6. The molecule has 0 aliphatic heterocycles. The van der Waals surface area contributed by atoms with Gasteiger partial charge in [-0.05, 0) is 19.3 Å². The van der Waals surface area contributed by atoms with Gasteiger partial charge < -0.3 is 9.47 Å². The Morgan fingerprint density at radius 2 is 1.19 bits per heavy atom. The summed E-state index contributed by atoms with van der Waals surface area (Å²) in [6, 6.07) is 0. The van der Waals surface area contributed by atoms with Crippen molar-refractivity contribution in [3.05, 3.63) is 0 Å². The second-order valence-electron chi connectivity index (χ2n) is 5.76. The highest BCUT2D eigenvalue weighted by molar-refractivity contribution is 5.69. The van der Waals surface area contributed by atoms with Crippen LogP contribution in [0.1, 0.15) is 90.9 Å². The van der Waals surface area contributed by atoms with Gasteiger partial charge in [-0.25, -0.2) is 0 Å². The van der Waals surface area contributed by atoms with Gasteiger partial charge >= 0.3 is 5.97 Å². The highest BCUT2D eigenvalue weighted by Gasteiger charge is 2.02. The topological polar surface area (TPSA) is 35.5 Å². The Labute approximate surface area is 131 Å². The molecular formula is C18H36O3. The van der Waals surface area contributed by atoms with Crippen LogP contribution >= 0.6 is 0 Å². The number of unbranched alkanes of at least 4 members (excludes halogenated alkanes) is 8. The number of ether oxygens (including phenoxy) is 2. The Bertz CT molecular complexity index is 217. The molecule has 3 heteroatoms. The third kappa shape index (κ3) is 17.4. The minimum Gasteiger partial charge on any atom is -0.466 e. The summed E-state index contributed by atoms with van der Waals surface area (Å²) in [5.41, 5.74) is 0. The van der Waals surface area contributed by atoms with Crippen LogP contribution in [-0.4, -0.2) is 25.8 Å². The van der Waals surface area contributed by atoms with Gasteiger partial charge in [-0.2, -0.15) is 0 Å². The Balaban J connectivity index is 3.11. The van der Waals surface area contributed by atoms with Crippen LogP contribution in [0.5, 0.6) is 0 Å². The summed E-state index contributed by atoms with van der Waals surface area (Å²) in [5, 5.41) is 0. The van der Waals surface area contributed by atoms with E-state index in [-0.39, 0.29) is 5.97 Å². The summed E-state index contributed by atoms with van der Waals surface area (Å²) in [7, 11) is 0. The predicted molar refractivity (Wildman–Crippen MR) is 88.5 cm³/mol. The molecule has 0 N–H and O–H groups in total. The Kier molecular flexibility index (Phi) is 17.0. The molecule has 0 unspecified atom stereocenters. The molecule has 0 spiro atoms. The second-order valence-corrected chi connectivity index (χ2v) is 5.76. The van der Waals surface area contributed by atoms with Crippen molar-refractivity contribution in [1.29, 1.82) is 0 Å². The first-order valence-corrected chi connectivity index (χ1v) is 9.04. The van der Waals surface area contributed by atoms with Crippen molar-refractivity contribution in [2.24, 2.45) is 0 Å². The van der Waals surface area contributed by atoms with E-state index in [4.69, 9.17) is 9.47 Å². The third-order valence-corrected chi connectivity index (χ3v) is 3.57. The van der Waals surface area contributed by atoms with Gasteiger partial charge in [0.1, 0.15) is 0 Å². The van der Waals surface area contributed by atoms with E-state index in [1.807, 2.05) is 0 Å². The molecule has 0 aromatic rings. The Morgan fingerprint density at radius 1 is 0.667 bits per heavy atom. The van der Waals surface area contributed by atoms with Crippen molar-refractivity contribution >= 4 is 5.97 Å². The lowest BCUT2D eigenvalue weighted by Crippen LogP contribution is -2.07. The van der Waals surface area contributed by atoms with Crippen molar-refractivity contribution in [3.63, 3.8) is 0 Å². The molecule has 0 rings (SSSR count). The molecule has 0 aromatic carbocycles. The minimum atomic E-state index is -0.0744. The van der Waals surface area contributed by atoms with Gasteiger partial charge in [-0.15, -0.1) is 0 Å². The van der Waals surface area contributed by atoms with Gasteiger partial charge in [-0.3, -0.25) is 4.79 Å². The minimum absolute atomic E-state index is 0.0744. The highest BCUT2D eigenvalue weighted by Crippen LogP contribution is 2.05. The largest absolute Gasteiger partial charge is 0.466 e. The number of esters is 1. The monoisotopic (exact) mass is 300 g/mol. The molecule has 21 heavy (non-hydrogen) atoms. The molecule has 0 heterocycles. The fourth-order valence-electron chi connectivity index (χ4n) is 2.19. The first-order chi connectivity index (χ1) is 10.3. The second kappa shape index (κ2) is 17.5. The molecule has 126 valence electrons. The van der Waals surface area contributed by atoms with Crippen molar-refractivity contribution in [1.82, 2.24) is 0 Å². The van der Waals surface area contributed by atoms with Crippen molar-refractivity contribution in [3.8, 4) is 0 Å². The molecule has 0 saturated heterocycles. The van der Waals surface area contributed by atoms with Gasteiger partial charge in [0.15, 0.2) is 0 Å². The SMILES string of the molecule is CCCCCCCCOCCCC(=O)OCCCCCC. The van der Waals surface area contributed by atoms with Gasteiger partial charge in [-0.1, -0.05) is 65.2 Å². The van der Waals surface area contributed by atoms with Gasteiger partial charge in [0, 0.05) is 19.6 Å². The average Bonchev–Trinajstić information content (AvgIpc) is 2.49. The van der Waals surface area contributed by atoms with E-state index in [2.05, 4.69) is 13.8 Å². The smallest absolute Gasteiger partial charge is 0.305 e. The molecule has 0 aliphatic rings. The van der Waals surface area contributed by atoms with Crippen LogP contribution in [0.3, 0.4) is 0 Å². The predicted octanol–water partition coefficient (Wildman–Crippen LogP) is 5.27. The maximum atomic E-state index is 11.4. The van der Waals surface area contributed by atoms with E-state index in [1.54, 1.807) is 0 Å². The Morgan fingerprint density at radius 3 is 1.90 bits per heavy atom. The van der Waals surface area contributed by atoms with Gasteiger partial charge in [0.25, 0.3) is 0 Å². The highest BCUT2D eigenvalue weighted by atomic mass is 16.5. The molecule has 0 amide bonds. The normalized spacial score (nSPS) is 10.8. The molecule has 0 bridgehead atoms. The van der Waals surface area contributed by atoms with Gasteiger partial charge in [0.2, 0.25) is 0 Å². The lowest BCUT2D eigenvalue weighted by atomic mass is 10.1. The number of hydrogen-bond acceptors (Lipinski definition) is 3. The maximum absolute atomic E-state index is 11.4. The molecule has 0 radical (unpaired) electrons. The van der Waals surface area contributed by atoms with Crippen LogP contribution in [0.15, 0.2) is 0 Å². The molecule has 0 aromatic heterocycles. The molecule has 3 nitrogen and oxygen atoms in total. The summed E-state index contributed by atoms with van der Waals surface area (Å²) in [4.78, 5) is 11.4. The van der Waals surface area contributed by atoms with Crippen molar-refractivity contribution < 1.29 is 14.3 Å². The summed E-state index contributed by atoms with van der Waals surface area (Å²) < 4.78 is 10.7. The van der Waals surface area contributed by atoms with Crippen LogP contribution in [0.2, 0.25) is 0 Å². The van der Waals surface area contributed by atoms with E-state index in [9.17, 15) is 4.79 Å². The first-order valence-electron chi connectivity index (χ1n) is 9.04. The summed E-state index contributed by atoms with van der Waals surface area (Å²) in [6.45, 7) is 6.51. The first kappa shape index (κ1) is 20.4. The van der Waals surface area contributed by atoms with E-state index < -0.39 is 0 Å². The van der Waals surface area contributed by atoms with Crippen LogP contribution in [0, 0.1) is 0 Å². The number of carbonyl (C=O) groups is 1. The van der Waals surface area contributed by atoms with Gasteiger partial charge in [0.05, 0.1) is 6.61 Å². The molecule has 0 fully saturated rings. The van der Waals surface area contributed by atoms with Crippen LogP contribution in [0.4, 0.5) is 0 Å². The number of carbonyl (C=O) groups excluding carboxylic acids is 1. The maximum Gasteiger partial charge on any atom is 0.305 e. The zero-order valence-electron chi connectivity index (χ0n) is 14.3. The van der Waals surface area contributed by atoms with Crippen LogP contribution < -0.4 is 0 Å².